The summed E-state index contributed by atoms with van der Waals surface area (Å²) in [6, 6.07) is 5.86. The summed E-state index contributed by atoms with van der Waals surface area (Å²) >= 11 is 1.69. The van der Waals surface area contributed by atoms with Gasteiger partial charge in [0.2, 0.25) is 0 Å². The maximum atomic E-state index is 5.28. The number of benzene rings is 1. The van der Waals surface area contributed by atoms with Crippen LogP contribution in [0.15, 0.2) is 29.3 Å². The lowest BCUT2D eigenvalue weighted by atomic mass is 10.2. The molecule has 0 aliphatic heterocycles. The van der Waals surface area contributed by atoms with Gasteiger partial charge < -0.3 is 9.47 Å². The smallest absolute Gasteiger partial charge is 0.162 e. The third kappa shape index (κ3) is 1.80. The van der Waals surface area contributed by atoms with Gasteiger partial charge >= 0.3 is 0 Å². The van der Waals surface area contributed by atoms with E-state index in [2.05, 4.69) is 4.98 Å². The van der Waals surface area contributed by atoms with Crippen molar-refractivity contribution in [3.8, 4) is 11.5 Å². The Balaban J connectivity index is 2.72. The molecule has 16 heavy (non-hydrogen) atoms. The zero-order valence-corrected chi connectivity index (χ0v) is 10.3. The number of hydrogen-bond acceptors (Lipinski definition) is 4. The third-order valence-corrected chi connectivity index (χ3v) is 3.22. The Morgan fingerprint density at radius 1 is 1.12 bits per heavy atom. The van der Waals surface area contributed by atoms with Gasteiger partial charge in [0.25, 0.3) is 0 Å². The van der Waals surface area contributed by atoms with Gasteiger partial charge in [-0.15, -0.1) is 11.8 Å². The van der Waals surface area contributed by atoms with Crippen LogP contribution in [-0.2, 0) is 0 Å². The topological polar surface area (TPSA) is 31.4 Å². The fourth-order valence-corrected chi connectivity index (χ4v) is 2.21. The lowest BCUT2D eigenvalue weighted by Gasteiger charge is -2.10. The van der Waals surface area contributed by atoms with E-state index in [-0.39, 0.29) is 0 Å². The molecular formula is C12H13NO2S. The number of pyridine rings is 1. The summed E-state index contributed by atoms with van der Waals surface area (Å²) in [5, 5.41) is 1.09. The summed E-state index contributed by atoms with van der Waals surface area (Å²) in [7, 11) is 3.26. The van der Waals surface area contributed by atoms with Crippen LogP contribution in [0.25, 0.3) is 10.9 Å². The SMILES string of the molecule is COc1cc2nccc(SC)c2cc1OC. The van der Waals surface area contributed by atoms with Gasteiger partial charge in [-0.05, 0) is 18.4 Å². The van der Waals surface area contributed by atoms with Crippen molar-refractivity contribution in [2.75, 3.05) is 20.5 Å². The minimum absolute atomic E-state index is 0.709. The average Bonchev–Trinajstić information content (AvgIpc) is 2.36. The van der Waals surface area contributed by atoms with E-state index in [4.69, 9.17) is 9.47 Å². The number of hydrogen-bond donors (Lipinski definition) is 0. The zero-order valence-electron chi connectivity index (χ0n) is 9.48. The summed E-state index contributed by atoms with van der Waals surface area (Å²) in [5.74, 6) is 1.44. The van der Waals surface area contributed by atoms with Crippen molar-refractivity contribution in [1.82, 2.24) is 4.98 Å². The van der Waals surface area contributed by atoms with E-state index in [1.807, 2.05) is 24.5 Å². The monoisotopic (exact) mass is 235 g/mol. The summed E-state index contributed by atoms with van der Waals surface area (Å²) in [6.07, 6.45) is 3.85. The van der Waals surface area contributed by atoms with Crippen LogP contribution >= 0.6 is 11.8 Å². The van der Waals surface area contributed by atoms with Crippen molar-refractivity contribution in [3.05, 3.63) is 24.4 Å². The highest BCUT2D eigenvalue weighted by atomic mass is 32.2. The highest BCUT2D eigenvalue weighted by molar-refractivity contribution is 7.98. The van der Waals surface area contributed by atoms with E-state index < -0.39 is 0 Å². The number of aromatic nitrogens is 1. The summed E-state index contributed by atoms with van der Waals surface area (Å²) in [6.45, 7) is 0. The Bertz CT molecular complexity index is 514. The van der Waals surface area contributed by atoms with Crippen LogP contribution in [0.1, 0.15) is 0 Å². The molecule has 2 rings (SSSR count). The largest absolute Gasteiger partial charge is 0.493 e. The van der Waals surface area contributed by atoms with E-state index in [0.717, 1.165) is 16.7 Å². The summed E-state index contributed by atoms with van der Waals surface area (Å²) in [4.78, 5) is 5.51. The molecule has 1 aromatic carbocycles. The second-order valence-corrected chi connectivity index (χ2v) is 4.09. The molecule has 0 fully saturated rings. The maximum absolute atomic E-state index is 5.28. The average molecular weight is 235 g/mol. The van der Waals surface area contributed by atoms with Gasteiger partial charge in [-0.3, -0.25) is 4.98 Å². The molecule has 0 spiro atoms. The van der Waals surface area contributed by atoms with E-state index in [1.165, 1.54) is 4.90 Å². The van der Waals surface area contributed by atoms with Crippen molar-refractivity contribution in [3.63, 3.8) is 0 Å². The summed E-state index contributed by atoms with van der Waals surface area (Å²) in [5.41, 5.74) is 0.921. The van der Waals surface area contributed by atoms with Gasteiger partial charge in [-0.2, -0.15) is 0 Å². The molecule has 0 radical (unpaired) electrons. The molecule has 0 amide bonds. The van der Waals surface area contributed by atoms with E-state index in [1.54, 1.807) is 32.2 Å². The number of fused-ring (bicyclic) bond motifs is 1. The molecule has 4 heteroatoms. The Labute approximate surface area is 98.8 Å². The van der Waals surface area contributed by atoms with Crippen molar-refractivity contribution in [2.24, 2.45) is 0 Å². The van der Waals surface area contributed by atoms with E-state index in [0.29, 0.717) is 5.75 Å². The first kappa shape index (κ1) is 11.1. The molecule has 3 nitrogen and oxygen atoms in total. The van der Waals surface area contributed by atoms with Gasteiger partial charge in [-0.1, -0.05) is 0 Å². The fourth-order valence-electron chi connectivity index (χ4n) is 1.63. The Morgan fingerprint density at radius 2 is 1.81 bits per heavy atom. The first-order valence-corrected chi connectivity index (χ1v) is 6.07. The first-order valence-electron chi connectivity index (χ1n) is 4.85. The van der Waals surface area contributed by atoms with Crippen LogP contribution in [-0.4, -0.2) is 25.5 Å². The highest BCUT2D eigenvalue weighted by Crippen LogP contribution is 2.34. The Kier molecular flexibility index (Phi) is 3.19. The lowest BCUT2D eigenvalue weighted by Crippen LogP contribution is -1.92. The molecule has 84 valence electrons. The normalized spacial score (nSPS) is 10.4. The molecule has 0 saturated carbocycles. The van der Waals surface area contributed by atoms with Gasteiger partial charge in [0, 0.05) is 22.5 Å². The van der Waals surface area contributed by atoms with Crippen molar-refractivity contribution in [1.29, 1.82) is 0 Å². The van der Waals surface area contributed by atoms with E-state index in [9.17, 15) is 0 Å². The molecule has 0 unspecified atom stereocenters. The Hall–Kier alpha value is -1.42. The zero-order chi connectivity index (χ0) is 11.5. The fraction of sp³-hybridized carbons (Fsp3) is 0.250. The first-order chi connectivity index (χ1) is 7.80. The molecule has 2 aromatic rings. The molecule has 1 heterocycles. The molecule has 1 aromatic heterocycles. The van der Waals surface area contributed by atoms with Crippen LogP contribution in [0.3, 0.4) is 0 Å². The van der Waals surface area contributed by atoms with Crippen molar-refractivity contribution in [2.45, 2.75) is 4.90 Å². The second kappa shape index (κ2) is 4.61. The van der Waals surface area contributed by atoms with Crippen LogP contribution in [0.5, 0.6) is 11.5 Å². The molecule has 0 aliphatic carbocycles. The number of nitrogens with zero attached hydrogens (tertiary/aromatic N) is 1. The summed E-state index contributed by atoms with van der Waals surface area (Å²) < 4.78 is 10.5. The Morgan fingerprint density at radius 3 is 2.44 bits per heavy atom. The van der Waals surface area contributed by atoms with Crippen molar-refractivity contribution < 1.29 is 9.47 Å². The minimum atomic E-state index is 0.709. The van der Waals surface area contributed by atoms with Gasteiger partial charge in [0.1, 0.15) is 0 Å². The molecular weight excluding hydrogens is 222 g/mol. The molecule has 0 atom stereocenters. The predicted octanol–water partition coefficient (Wildman–Crippen LogP) is 2.97. The molecule has 0 saturated heterocycles. The second-order valence-electron chi connectivity index (χ2n) is 3.24. The van der Waals surface area contributed by atoms with Crippen LogP contribution in [0.2, 0.25) is 0 Å². The number of methoxy groups -OCH3 is 2. The van der Waals surface area contributed by atoms with Gasteiger partial charge in [0.15, 0.2) is 11.5 Å². The quantitative estimate of drug-likeness (QED) is 0.765. The van der Waals surface area contributed by atoms with Gasteiger partial charge in [-0.25, -0.2) is 0 Å². The van der Waals surface area contributed by atoms with Crippen molar-refractivity contribution >= 4 is 22.7 Å². The minimum Gasteiger partial charge on any atom is -0.493 e. The number of ether oxygens (including phenoxy) is 2. The number of thioether (sulfide) groups is 1. The molecule has 0 N–H and O–H groups in total. The molecule has 0 aliphatic rings. The van der Waals surface area contributed by atoms with E-state index >= 15 is 0 Å². The van der Waals surface area contributed by atoms with Crippen LogP contribution in [0, 0.1) is 0 Å². The third-order valence-electron chi connectivity index (χ3n) is 2.43. The van der Waals surface area contributed by atoms with Gasteiger partial charge in [0.05, 0.1) is 19.7 Å². The maximum Gasteiger partial charge on any atom is 0.162 e. The number of rotatable bonds is 3. The molecule has 0 bridgehead atoms. The highest BCUT2D eigenvalue weighted by Gasteiger charge is 2.08. The predicted molar refractivity (Wildman–Crippen MR) is 66.6 cm³/mol. The van der Waals surface area contributed by atoms with Crippen LogP contribution in [0.4, 0.5) is 0 Å². The van der Waals surface area contributed by atoms with Crippen LogP contribution < -0.4 is 9.47 Å². The lowest BCUT2D eigenvalue weighted by molar-refractivity contribution is 0.355. The standard InChI is InChI=1S/C12H13NO2S/c1-14-10-6-8-9(7-11(10)15-2)13-5-4-12(8)16-3/h4-7H,1-3H3.